The number of aromatic nitrogens is 2. The Labute approximate surface area is 174 Å². The predicted octanol–water partition coefficient (Wildman–Crippen LogP) is 1.92. The van der Waals surface area contributed by atoms with Crippen molar-refractivity contribution in [3.63, 3.8) is 0 Å². The fraction of sp³-hybridized carbons (Fsp3) is 0.591. The summed E-state index contributed by atoms with van der Waals surface area (Å²) in [6.45, 7) is 2.91. The molecule has 8 nitrogen and oxygen atoms in total. The first-order valence-electron chi connectivity index (χ1n) is 10.8. The van der Waals surface area contributed by atoms with Crippen LogP contribution in [0.15, 0.2) is 29.1 Å². The van der Waals surface area contributed by atoms with Gasteiger partial charge in [0, 0.05) is 56.5 Å². The minimum absolute atomic E-state index is 0.131. The van der Waals surface area contributed by atoms with Crippen molar-refractivity contribution in [2.24, 2.45) is 18.4 Å². The first-order valence-corrected chi connectivity index (χ1v) is 10.8. The standard InChI is InChI=1S/C22H26N4O4/c1-24-13-15(12-23-24)17-3-10-29-18(17)19(27)25-6-8-26(9-7-25)20(28)22-11-16(22)14-30-21(22)4-2-5-21/h3,10,12-13,16H,2,4-9,11,14H2,1H3/t16-,22-/m0/s1. The second-order valence-electron chi connectivity index (χ2n) is 9.18. The second kappa shape index (κ2) is 6.20. The number of furan rings is 1. The molecule has 2 aromatic rings. The Kier molecular flexibility index (Phi) is 3.76. The number of ether oxygens (including phenoxy) is 1. The molecule has 30 heavy (non-hydrogen) atoms. The number of piperazine rings is 1. The smallest absolute Gasteiger partial charge is 0.290 e. The Morgan fingerprint density at radius 1 is 1.17 bits per heavy atom. The molecular weight excluding hydrogens is 384 g/mol. The second-order valence-corrected chi connectivity index (χ2v) is 9.18. The number of hydrogen-bond acceptors (Lipinski definition) is 5. The number of aryl methyl sites for hydroxylation is 1. The van der Waals surface area contributed by atoms with Crippen LogP contribution in [0, 0.1) is 11.3 Å². The topological polar surface area (TPSA) is 80.8 Å². The molecule has 0 N–H and O–H groups in total. The van der Waals surface area contributed by atoms with Gasteiger partial charge in [-0.2, -0.15) is 5.10 Å². The Morgan fingerprint density at radius 2 is 1.93 bits per heavy atom. The Morgan fingerprint density at radius 3 is 2.57 bits per heavy atom. The van der Waals surface area contributed by atoms with Gasteiger partial charge in [0.2, 0.25) is 5.91 Å². The zero-order chi connectivity index (χ0) is 20.5. The maximum atomic E-state index is 13.4. The monoisotopic (exact) mass is 410 g/mol. The quantitative estimate of drug-likeness (QED) is 0.772. The molecule has 4 fully saturated rings. The van der Waals surface area contributed by atoms with E-state index >= 15 is 0 Å². The normalized spacial score (nSPS) is 29.0. The van der Waals surface area contributed by atoms with E-state index in [0.29, 0.717) is 37.9 Å². The number of hydrogen-bond donors (Lipinski definition) is 0. The van der Waals surface area contributed by atoms with Gasteiger partial charge in [-0.3, -0.25) is 14.3 Å². The van der Waals surface area contributed by atoms with Crippen LogP contribution in [-0.4, -0.2) is 69.8 Å². The van der Waals surface area contributed by atoms with Crippen LogP contribution in [0.5, 0.6) is 0 Å². The summed E-state index contributed by atoms with van der Waals surface area (Å²) in [7, 11) is 1.84. The lowest BCUT2D eigenvalue weighted by Gasteiger charge is -2.46. The summed E-state index contributed by atoms with van der Waals surface area (Å²) in [5.74, 6) is 0.857. The molecule has 2 amide bonds. The van der Waals surface area contributed by atoms with Crippen molar-refractivity contribution in [1.29, 1.82) is 0 Å². The molecule has 1 spiro atoms. The van der Waals surface area contributed by atoms with E-state index in [1.165, 1.54) is 0 Å². The molecule has 0 radical (unpaired) electrons. The van der Waals surface area contributed by atoms with Crippen LogP contribution in [0.4, 0.5) is 0 Å². The molecule has 2 atom stereocenters. The number of nitrogens with zero attached hydrogens (tertiary/aromatic N) is 4. The highest BCUT2D eigenvalue weighted by atomic mass is 16.5. The number of carbonyl (C=O) groups excluding carboxylic acids is 2. The average molecular weight is 410 g/mol. The largest absolute Gasteiger partial charge is 0.459 e. The SMILES string of the molecule is Cn1cc(-c2ccoc2C(=O)N2CCN(C(=O)[C@]34C[C@H]3COC43CCC3)CC2)cn1. The third-order valence-corrected chi connectivity index (χ3v) is 7.75. The lowest BCUT2D eigenvalue weighted by atomic mass is 9.68. The van der Waals surface area contributed by atoms with E-state index in [2.05, 4.69) is 5.10 Å². The van der Waals surface area contributed by atoms with Gasteiger partial charge in [-0.25, -0.2) is 0 Å². The van der Waals surface area contributed by atoms with Crippen molar-refractivity contribution in [1.82, 2.24) is 19.6 Å². The van der Waals surface area contributed by atoms with Crippen LogP contribution in [0.3, 0.4) is 0 Å². The molecule has 158 valence electrons. The fourth-order valence-corrected chi connectivity index (χ4v) is 5.82. The average Bonchev–Trinajstić information content (AvgIpc) is 3.10. The minimum Gasteiger partial charge on any atom is -0.459 e. The van der Waals surface area contributed by atoms with Gasteiger partial charge in [0.15, 0.2) is 5.76 Å². The highest BCUT2D eigenvalue weighted by Crippen LogP contribution is 2.71. The lowest BCUT2D eigenvalue weighted by Crippen LogP contribution is -2.57. The zero-order valence-corrected chi connectivity index (χ0v) is 17.2. The number of fused-ring (bicyclic) bond motifs is 2. The van der Waals surface area contributed by atoms with E-state index in [9.17, 15) is 9.59 Å². The van der Waals surface area contributed by atoms with Gasteiger partial charge in [-0.15, -0.1) is 0 Å². The van der Waals surface area contributed by atoms with Crippen LogP contribution in [0.2, 0.25) is 0 Å². The molecule has 6 rings (SSSR count). The molecule has 4 heterocycles. The third-order valence-electron chi connectivity index (χ3n) is 7.75. The molecule has 0 unspecified atom stereocenters. The van der Waals surface area contributed by atoms with Crippen LogP contribution in [0.1, 0.15) is 36.2 Å². The van der Waals surface area contributed by atoms with Gasteiger partial charge < -0.3 is 19.0 Å². The van der Waals surface area contributed by atoms with E-state index in [1.54, 1.807) is 28.1 Å². The van der Waals surface area contributed by atoms with Gasteiger partial charge in [0.25, 0.3) is 5.91 Å². The molecule has 2 saturated heterocycles. The van der Waals surface area contributed by atoms with E-state index in [1.807, 2.05) is 18.1 Å². The van der Waals surface area contributed by atoms with E-state index < -0.39 is 0 Å². The molecule has 0 bridgehead atoms. The first kappa shape index (κ1) is 18.2. The summed E-state index contributed by atoms with van der Waals surface area (Å²) < 4.78 is 13.3. The maximum absolute atomic E-state index is 13.4. The van der Waals surface area contributed by atoms with Gasteiger partial charge >= 0.3 is 0 Å². The van der Waals surface area contributed by atoms with Crippen molar-refractivity contribution < 1.29 is 18.7 Å². The molecular formula is C22H26N4O4. The maximum Gasteiger partial charge on any atom is 0.290 e. The highest BCUT2D eigenvalue weighted by Gasteiger charge is 2.77. The van der Waals surface area contributed by atoms with E-state index in [-0.39, 0.29) is 22.8 Å². The van der Waals surface area contributed by atoms with Crippen LogP contribution in [0.25, 0.3) is 11.1 Å². The fourth-order valence-electron chi connectivity index (χ4n) is 5.82. The predicted molar refractivity (Wildman–Crippen MR) is 106 cm³/mol. The third kappa shape index (κ3) is 2.34. The summed E-state index contributed by atoms with van der Waals surface area (Å²) in [4.78, 5) is 30.3. The van der Waals surface area contributed by atoms with E-state index in [0.717, 1.165) is 43.4 Å². The summed E-state index contributed by atoms with van der Waals surface area (Å²) in [6.07, 6.45) is 9.30. The van der Waals surface area contributed by atoms with E-state index in [4.69, 9.17) is 9.15 Å². The minimum atomic E-state index is -0.272. The summed E-state index contributed by atoms with van der Waals surface area (Å²) in [6, 6.07) is 1.80. The van der Waals surface area contributed by atoms with Crippen molar-refractivity contribution >= 4 is 11.8 Å². The Balaban J connectivity index is 1.14. The van der Waals surface area contributed by atoms with Gasteiger partial charge in [0.05, 0.1) is 30.1 Å². The number of carbonyl (C=O) groups is 2. The van der Waals surface area contributed by atoms with Crippen molar-refractivity contribution in [3.8, 4) is 11.1 Å². The zero-order valence-electron chi connectivity index (χ0n) is 17.2. The summed E-state index contributed by atoms with van der Waals surface area (Å²) >= 11 is 0. The van der Waals surface area contributed by atoms with Gasteiger partial charge in [-0.1, -0.05) is 0 Å². The Bertz CT molecular complexity index is 1010. The molecule has 2 aromatic heterocycles. The molecule has 2 saturated carbocycles. The molecule has 0 aromatic carbocycles. The van der Waals surface area contributed by atoms with Crippen molar-refractivity contribution in [2.45, 2.75) is 31.3 Å². The molecule has 2 aliphatic carbocycles. The summed E-state index contributed by atoms with van der Waals surface area (Å²) in [5, 5.41) is 4.18. The number of amides is 2. The lowest BCUT2D eigenvalue weighted by molar-refractivity contribution is -0.159. The van der Waals surface area contributed by atoms with Crippen LogP contribution in [-0.2, 0) is 16.6 Å². The first-order chi connectivity index (χ1) is 14.5. The number of rotatable bonds is 3. The summed E-state index contributed by atoms with van der Waals surface area (Å²) in [5.41, 5.74) is 1.15. The van der Waals surface area contributed by atoms with Crippen LogP contribution >= 0.6 is 0 Å². The Hall–Kier alpha value is -2.61. The van der Waals surface area contributed by atoms with Crippen molar-refractivity contribution in [2.75, 3.05) is 32.8 Å². The van der Waals surface area contributed by atoms with Gasteiger partial charge in [0.1, 0.15) is 0 Å². The molecule has 2 aliphatic heterocycles. The highest BCUT2D eigenvalue weighted by molar-refractivity contribution is 5.98. The van der Waals surface area contributed by atoms with Crippen LogP contribution < -0.4 is 0 Å². The van der Waals surface area contributed by atoms with Crippen molar-refractivity contribution in [3.05, 3.63) is 30.5 Å². The molecule has 4 aliphatic rings. The molecule has 8 heteroatoms. The van der Waals surface area contributed by atoms with Gasteiger partial charge in [-0.05, 0) is 31.7 Å².